The number of halogens is 2. The van der Waals surface area contributed by atoms with E-state index < -0.39 is 11.9 Å². The molecule has 6 nitrogen and oxygen atoms in total. The molecule has 1 amide bonds. The fraction of sp³-hybridized carbons (Fsp3) is 0.429. The number of allylic oxidation sites excluding steroid dienone is 1. The fourth-order valence-corrected chi connectivity index (χ4v) is 5.06. The van der Waals surface area contributed by atoms with Gasteiger partial charge in [-0.3, -0.25) is 4.79 Å². The van der Waals surface area contributed by atoms with E-state index >= 15 is 0 Å². The van der Waals surface area contributed by atoms with Crippen LogP contribution in [0.1, 0.15) is 49.7 Å². The molecule has 36 heavy (non-hydrogen) atoms. The first-order chi connectivity index (χ1) is 17.5. The second kappa shape index (κ2) is 12.9. The summed E-state index contributed by atoms with van der Waals surface area (Å²) in [5.41, 5.74) is 2.87. The van der Waals surface area contributed by atoms with Crippen LogP contribution in [0.5, 0.6) is 5.75 Å². The number of hydrogen-bond donors (Lipinski definition) is 0. The zero-order chi connectivity index (χ0) is 25.5. The summed E-state index contributed by atoms with van der Waals surface area (Å²) in [5.74, 6) is -0.0270. The second-order valence-corrected chi connectivity index (χ2v) is 10.6. The molecule has 1 saturated heterocycles. The quantitative estimate of drug-likeness (QED) is 0.139. The fourth-order valence-electron chi connectivity index (χ4n) is 4.62. The first-order valence-corrected chi connectivity index (χ1v) is 14.2. The molecule has 8 heteroatoms. The van der Waals surface area contributed by atoms with E-state index in [4.69, 9.17) is 25.8 Å². The number of alkyl halides is 1. The van der Waals surface area contributed by atoms with E-state index in [1.165, 1.54) is 0 Å². The number of benzene rings is 2. The summed E-state index contributed by atoms with van der Waals surface area (Å²) in [4.78, 5) is 28.3. The Kier molecular flexibility index (Phi) is 9.67. The van der Waals surface area contributed by atoms with Gasteiger partial charge in [-0.15, -0.1) is 0 Å². The molecule has 2 aromatic carbocycles. The maximum absolute atomic E-state index is 13.5. The van der Waals surface area contributed by atoms with Crippen molar-refractivity contribution in [3.63, 3.8) is 0 Å². The van der Waals surface area contributed by atoms with Crippen LogP contribution in [0, 0.1) is 0 Å². The Bertz CT molecular complexity index is 1080. The van der Waals surface area contributed by atoms with Crippen molar-refractivity contribution in [2.24, 2.45) is 0 Å². The van der Waals surface area contributed by atoms with Gasteiger partial charge in [0.2, 0.25) is 5.91 Å². The summed E-state index contributed by atoms with van der Waals surface area (Å²) >= 11 is 8.41. The molecule has 2 aliphatic rings. The average Bonchev–Trinajstić information content (AvgIpc) is 3.39. The topological polar surface area (TPSA) is 65.1 Å². The summed E-state index contributed by atoms with van der Waals surface area (Å²) < 4.78 is 18.3. The molecule has 0 saturated carbocycles. The molecule has 2 aromatic rings. The molecule has 0 aliphatic carbocycles. The number of carbonyl (C=O) groups is 2. The highest BCUT2D eigenvalue weighted by Gasteiger charge is 2.38. The molecule has 0 N–H and O–H groups in total. The van der Waals surface area contributed by atoms with Gasteiger partial charge in [0, 0.05) is 34.1 Å². The molecular formula is C28H31ClINO5. The molecule has 1 fully saturated rings. The lowest BCUT2D eigenvalue weighted by Crippen LogP contribution is -2.42. The van der Waals surface area contributed by atoms with Crippen LogP contribution >= 0.6 is 34.2 Å². The normalized spacial score (nSPS) is 20.1. The molecule has 192 valence electrons. The predicted molar refractivity (Wildman–Crippen MR) is 147 cm³/mol. The minimum Gasteiger partial charge on any atom is -0.494 e. The zero-order valence-corrected chi connectivity index (χ0v) is 23.3. The number of nitrogens with zero attached hydrogens (tertiary/aromatic N) is 1. The van der Waals surface area contributed by atoms with Gasteiger partial charge in [0.25, 0.3) is 0 Å². The zero-order valence-electron chi connectivity index (χ0n) is 20.4. The van der Waals surface area contributed by atoms with E-state index in [0.29, 0.717) is 36.1 Å². The summed E-state index contributed by atoms with van der Waals surface area (Å²) in [7, 11) is 0. The lowest BCUT2D eigenvalue weighted by Gasteiger charge is -2.35. The molecule has 4 rings (SSSR count). The van der Waals surface area contributed by atoms with E-state index in [2.05, 4.69) is 22.6 Å². The van der Waals surface area contributed by atoms with Gasteiger partial charge in [-0.2, -0.15) is 0 Å². The summed E-state index contributed by atoms with van der Waals surface area (Å²) in [6.45, 7) is 3.80. The van der Waals surface area contributed by atoms with Crippen molar-refractivity contribution in [1.82, 2.24) is 4.90 Å². The van der Waals surface area contributed by atoms with Crippen LogP contribution < -0.4 is 4.74 Å². The van der Waals surface area contributed by atoms with E-state index in [0.717, 1.165) is 40.6 Å². The van der Waals surface area contributed by atoms with Gasteiger partial charge in [0.15, 0.2) is 0 Å². The van der Waals surface area contributed by atoms with Crippen molar-refractivity contribution in [3.8, 4) is 5.75 Å². The van der Waals surface area contributed by atoms with Crippen LogP contribution in [0.3, 0.4) is 0 Å². The Morgan fingerprint density at radius 2 is 1.92 bits per heavy atom. The lowest BCUT2D eigenvalue weighted by molar-refractivity contribution is -0.141. The van der Waals surface area contributed by atoms with Gasteiger partial charge in [0.1, 0.15) is 12.4 Å². The van der Waals surface area contributed by atoms with Crippen molar-refractivity contribution >= 4 is 46.1 Å². The van der Waals surface area contributed by atoms with Gasteiger partial charge < -0.3 is 19.1 Å². The lowest BCUT2D eigenvalue weighted by atomic mass is 9.83. The third-order valence-electron chi connectivity index (χ3n) is 6.57. The largest absolute Gasteiger partial charge is 0.494 e. The first kappa shape index (κ1) is 26.9. The minimum absolute atomic E-state index is 0.00846. The van der Waals surface area contributed by atoms with E-state index in [-0.39, 0.29) is 25.0 Å². The van der Waals surface area contributed by atoms with Gasteiger partial charge in [0.05, 0.1) is 24.8 Å². The van der Waals surface area contributed by atoms with Gasteiger partial charge in [-0.05, 0) is 61.6 Å². The molecule has 2 heterocycles. The minimum atomic E-state index is -0.417. The highest BCUT2D eigenvalue weighted by atomic mass is 127. The van der Waals surface area contributed by atoms with Crippen molar-refractivity contribution < 1.29 is 23.8 Å². The molecule has 1 unspecified atom stereocenters. The van der Waals surface area contributed by atoms with Crippen molar-refractivity contribution in [2.45, 2.75) is 51.2 Å². The predicted octanol–water partition coefficient (Wildman–Crippen LogP) is 6.06. The van der Waals surface area contributed by atoms with E-state index in [1.807, 2.05) is 43.3 Å². The van der Waals surface area contributed by atoms with E-state index in [9.17, 15) is 9.59 Å². The highest BCUT2D eigenvalue weighted by molar-refractivity contribution is 14.1. The Balaban J connectivity index is 1.52. The van der Waals surface area contributed by atoms with Crippen LogP contribution in [-0.4, -0.2) is 47.1 Å². The average molecular weight is 624 g/mol. The number of amides is 1. The number of carbonyl (C=O) groups excluding carboxylic acids is 2. The molecule has 0 aromatic heterocycles. The molecule has 0 radical (unpaired) electrons. The maximum atomic E-state index is 13.5. The van der Waals surface area contributed by atoms with Crippen LogP contribution in [0.15, 0.2) is 59.8 Å². The standard InChI is InChI=1S/C28H31ClINO5/c1-19-27(28(33)36-18-20-5-11-23(12-6-20)34-15-3-13-30)25(21-7-9-22(29)10-8-21)16-26(32)31(19)17-24-4-2-14-35-24/h5-12,24-25H,2-4,13-18H2,1H3/t24?,25-/m0/s1. The van der Waals surface area contributed by atoms with Crippen molar-refractivity contribution in [1.29, 1.82) is 0 Å². The van der Waals surface area contributed by atoms with Crippen LogP contribution in [0.25, 0.3) is 0 Å². The third kappa shape index (κ3) is 6.81. The first-order valence-electron chi connectivity index (χ1n) is 12.3. The van der Waals surface area contributed by atoms with E-state index in [1.54, 1.807) is 17.0 Å². The summed E-state index contributed by atoms with van der Waals surface area (Å²) in [6.07, 6.45) is 3.08. The molecular weight excluding hydrogens is 593 g/mol. The van der Waals surface area contributed by atoms with Crippen molar-refractivity contribution in [2.75, 3.05) is 24.2 Å². The Morgan fingerprint density at radius 1 is 1.17 bits per heavy atom. The Hall–Kier alpha value is -2.10. The van der Waals surface area contributed by atoms with Crippen LogP contribution in [0.2, 0.25) is 5.02 Å². The molecule has 2 aliphatic heterocycles. The second-order valence-electron chi connectivity index (χ2n) is 9.06. The summed E-state index contributed by atoms with van der Waals surface area (Å²) in [5, 5.41) is 0.604. The van der Waals surface area contributed by atoms with Gasteiger partial charge in [-0.1, -0.05) is 58.5 Å². The number of esters is 1. The van der Waals surface area contributed by atoms with Crippen molar-refractivity contribution in [3.05, 3.63) is 76.0 Å². The monoisotopic (exact) mass is 623 g/mol. The third-order valence-corrected chi connectivity index (χ3v) is 7.58. The van der Waals surface area contributed by atoms with Crippen LogP contribution in [0.4, 0.5) is 0 Å². The smallest absolute Gasteiger partial charge is 0.336 e. The SMILES string of the molecule is CC1=C(C(=O)OCc2ccc(OCCCI)cc2)[C@H](c2ccc(Cl)cc2)CC(=O)N1CC1CCCO1. The number of hydrogen-bond acceptors (Lipinski definition) is 5. The van der Waals surface area contributed by atoms with Gasteiger partial charge in [-0.25, -0.2) is 4.79 Å². The highest BCUT2D eigenvalue weighted by Crippen LogP contribution is 2.38. The van der Waals surface area contributed by atoms with Crippen LogP contribution in [-0.2, 0) is 25.7 Å². The van der Waals surface area contributed by atoms with Gasteiger partial charge >= 0.3 is 5.97 Å². The molecule has 2 atom stereocenters. The Morgan fingerprint density at radius 3 is 2.58 bits per heavy atom. The maximum Gasteiger partial charge on any atom is 0.336 e. The summed E-state index contributed by atoms with van der Waals surface area (Å²) in [6, 6.07) is 14.9. The molecule has 0 bridgehead atoms. The Labute approximate surface area is 231 Å². The molecule has 0 spiro atoms. The number of rotatable bonds is 10. The number of ether oxygens (including phenoxy) is 3.